The molecule has 2 heterocycles. The van der Waals surface area contributed by atoms with Gasteiger partial charge in [0.2, 0.25) is 5.88 Å². The van der Waals surface area contributed by atoms with Gasteiger partial charge in [-0.1, -0.05) is 29.4 Å². The second kappa shape index (κ2) is 3.87. The van der Waals surface area contributed by atoms with Gasteiger partial charge in [0.25, 0.3) is 0 Å². The van der Waals surface area contributed by atoms with E-state index in [-0.39, 0.29) is 0 Å². The first kappa shape index (κ1) is 9.78. The molecule has 1 fully saturated rings. The van der Waals surface area contributed by atoms with Crippen LogP contribution in [0, 0.1) is 0 Å². The molecule has 1 aromatic carbocycles. The number of thioether (sulfide) groups is 1. The van der Waals surface area contributed by atoms with Crippen molar-refractivity contribution in [2.24, 2.45) is 0 Å². The quantitative estimate of drug-likeness (QED) is 0.865. The minimum Gasteiger partial charge on any atom is -0.367 e. The number of nitrogens with zero attached hydrogens (tertiary/aromatic N) is 1. The summed E-state index contributed by atoms with van der Waals surface area (Å²) in [5.74, 6) is 3.54. The molecule has 16 heavy (non-hydrogen) atoms. The average molecular weight is 232 g/mol. The molecule has 1 aliphatic rings. The molecule has 0 unspecified atom stereocenters. The molecule has 3 nitrogen and oxygen atoms in total. The second-order valence-electron chi connectivity index (χ2n) is 3.96. The standard InChI is InChI=1S/C12H12N2OS/c13-12-11(5-14-15-12)9-3-1-2-8(4-9)10-6-16-7-10/h1-5,10H,6-7,13H2. The van der Waals surface area contributed by atoms with Crippen LogP contribution in [0.5, 0.6) is 0 Å². The Kier molecular flexibility index (Phi) is 2.36. The molecule has 82 valence electrons. The number of anilines is 1. The molecule has 0 aliphatic carbocycles. The zero-order valence-corrected chi connectivity index (χ0v) is 9.54. The van der Waals surface area contributed by atoms with E-state index in [0.717, 1.165) is 11.1 Å². The molecule has 1 aliphatic heterocycles. The summed E-state index contributed by atoms with van der Waals surface area (Å²) < 4.78 is 4.88. The third-order valence-electron chi connectivity index (χ3n) is 2.91. The lowest BCUT2D eigenvalue weighted by molar-refractivity contribution is 0.436. The number of hydrogen-bond donors (Lipinski definition) is 1. The molecule has 0 radical (unpaired) electrons. The Bertz CT molecular complexity index is 505. The van der Waals surface area contributed by atoms with Gasteiger partial charge in [-0.25, -0.2) is 0 Å². The summed E-state index contributed by atoms with van der Waals surface area (Å²) in [4.78, 5) is 0. The highest BCUT2D eigenvalue weighted by atomic mass is 32.2. The van der Waals surface area contributed by atoms with Crippen LogP contribution in [0.3, 0.4) is 0 Å². The summed E-state index contributed by atoms with van der Waals surface area (Å²) in [6.45, 7) is 0. The van der Waals surface area contributed by atoms with Crippen molar-refractivity contribution in [3.05, 3.63) is 36.0 Å². The monoisotopic (exact) mass is 232 g/mol. The number of nitrogen functional groups attached to an aromatic ring is 1. The largest absolute Gasteiger partial charge is 0.367 e. The topological polar surface area (TPSA) is 52.0 Å². The van der Waals surface area contributed by atoms with Crippen LogP contribution in [0.25, 0.3) is 11.1 Å². The first-order valence-electron chi connectivity index (χ1n) is 5.23. The van der Waals surface area contributed by atoms with Crippen LogP contribution < -0.4 is 5.73 Å². The van der Waals surface area contributed by atoms with E-state index in [0.29, 0.717) is 11.8 Å². The number of nitrogens with two attached hydrogens (primary N) is 1. The van der Waals surface area contributed by atoms with E-state index in [2.05, 4.69) is 23.4 Å². The van der Waals surface area contributed by atoms with Crippen molar-refractivity contribution < 1.29 is 4.52 Å². The van der Waals surface area contributed by atoms with Crippen molar-refractivity contribution in [3.63, 3.8) is 0 Å². The van der Waals surface area contributed by atoms with Crippen molar-refractivity contribution in [1.82, 2.24) is 5.16 Å². The van der Waals surface area contributed by atoms with Gasteiger partial charge in [0.1, 0.15) is 0 Å². The Balaban J connectivity index is 1.98. The van der Waals surface area contributed by atoms with Gasteiger partial charge in [0, 0.05) is 17.4 Å². The maximum atomic E-state index is 5.71. The summed E-state index contributed by atoms with van der Waals surface area (Å²) in [5, 5.41) is 3.70. The molecule has 2 N–H and O–H groups in total. The lowest BCUT2D eigenvalue weighted by Gasteiger charge is -2.25. The molecule has 4 heteroatoms. The lowest BCUT2D eigenvalue weighted by Crippen LogP contribution is -2.15. The fourth-order valence-electron chi connectivity index (χ4n) is 1.85. The number of hydrogen-bond acceptors (Lipinski definition) is 4. The summed E-state index contributed by atoms with van der Waals surface area (Å²) >= 11 is 1.99. The zero-order chi connectivity index (χ0) is 11.0. The Hall–Kier alpha value is -1.42. The highest BCUT2D eigenvalue weighted by Gasteiger charge is 2.20. The van der Waals surface area contributed by atoms with Gasteiger partial charge < -0.3 is 10.3 Å². The minimum absolute atomic E-state index is 0.389. The van der Waals surface area contributed by atoms with E-state index < -0.39 is 0 Å². The van der Waals surface area contributed by atoms with E-state index in [4.69, 9.17) is 10.3 Å². The van der Waals surface area contributed by atoms with Crippen LogP contribution in [-0.2, 0) is 0 Å². The Morgan fingerprint density at radius 2 is 2.25 bits per heavy atom. The summed E-state index contributed by atoms with van der Waals surface area (Å²) in [6.07, 6.45) is 1.67. The summed E-state index contributed by atoms with van der Waals surface area (Å²) in [6, 6.07) is 8.48. The van der Waals surface area contributed by atoms with Crippen molar-refractivity contribution >= 4 is 17.6 Å². The molecule has 1 aromatic heterocycles. The van der Waals surface area contributed by atoms with E-state index >= 15 is 0 Å². The molecular weight excluding hydrogens is 220 g/mol. The molecule has 0 saturated carbocycles. The van der Waals surface area contributed by atoms with Crippen LogP contribution in [0.4, 0.5) is 5.88 Å². The average Bonchev–Trinajstić information content (AvgIpc) is 2.62. The minimum atomic E-state index is 0.389. The van der Waals surface area contributed by atoms with Gasteiger partial charge in [-0.05, 0) is 11.1 Å². The van der Waals surface area contributed by atoms with Gasteiger partial charge in [-0.2, -0.15) is 11.8 Å². The third kappa shape index (κ3) is 1.59. The van der Waals surface area contributed by atoms with Crippen LogP contribution in [-0.4, -0.2) is 16.7 Å². The lowest BCUT2D eigenvalue weighted by atomic mass is 9.98. The van der Waals surface area contributed by atoms with E-state index in [1.54, 1.807) is 6.20 Å². The van der Waals surface area contributed by atoms with Crippen LogP contribution in [0.15, 0.2) is 35.0 Å². The summed E-state index contributed by atoms with van der Waals surface area (Å²) in [7, 11) is 0. The maximum Gasteiger partial charge on any atom is 0.229 e. The normalized spacial score (nSPS) is 16.0. The van der Waals surface area contributed by atoms with Crippen molar-refractivity contribution in [2.45, 2.75) is 5.92 Å². The first-order chi connectivity index (χ1) is 7.84. The molecule has 1 saturated heterocycles. The fraction of sp³-hybridized carbons (Fsp3) is 0.250. The molecular formula is C12H12N2OS. The van der Waals surface area contributed by atoms with Gasteiger partial charge in [0.05, 0.1) is 11.8 Å². The molecule has 0 amide bonds. The SMILES string of the molecule is Nc1oncc1-c1cccc(C2CSC2)c1. The molecule has 3 rings (SSSR count). The van der Waals surface area contributed by atoms with E-state index in [1.807, 2.05) is 17.8 Å². The number of benzene rings is 1. The van der Waals surface area contributed by atoms with E-state index in [9.17, 15) is 0 Å². The van der Waals surface area contributed by atoms with E-state index in [1.165, 1.54) is 17.1 Å². The fourth-order valence-corrected chi connectivity index (χ4v) is 2.71. The molecule has 0 spiro atoms. The summed E-state index contributed by atoms with van der Waals surface area (Å²) in [5.41, 5.74) is 9.07. The predicted octanol–water partition coefficient (Wildman–Crippen LogP) is 2.75. The van der Waals surface area contributed by atoms with Crippen LogP contribution in [0.2, 0.25) is 0 Å². The maximum absolute atomic E-state index is 5.71. The van der Waals surface area contributed by atoms with Gasteiger partial charge in [-0.3, -0.25) is 0 Å². The van der Waals surface area contributed by atoms with Gasteiger partial charge >= 0.3 is 0 Å². The van der Waals surface area contributed by atoms with Crippen molar-refractivity contribution in [2.75, 3.05) is 17.2 Å². The smallest absolute Gasteiger partial charge is 0.229 e. The first-order valence-corrected chi connectivity index (χ1v) is 6.38. The third-order valence-corrected chi connectivity index (χ3v) is 4.18. The van der Waals surface area contributed by atoms with Crippen molar-refractivity contribution in [1.29, 1.82) is 0 Å². The number of rotatable bonds is 2. The van der Waals surface area contributed by atoms with Crippen LogP contribution >= 0.6 is 11.8 Å². The zero-order valence-electron chi connectivity index (χ0n) is 8.72. The molecule has 0 atom stereocenters. The van der Waals surface area contributed by atoms with Crippen LogP contribution in [0.1, 0.15) is 11.5 Å². The molecule has 2 aromatic rings. The van der Waals surface area contributed by atoms with Gasteiger partial charge in [-0.15, -0.1) is 0 Å². The Morgan fingerprint density at radius 3 is 2.88 bits per heavy atom. The Labute approximate surface area is 98.0 Å². The Morgan fingerprint density at radius 1 is 1.38 bits per heavy atom. The highest BCUT2D eigenvalue weighted by molar-refractivity contribution is 8.00. The molecule has 0 bridgehead atoms. The van der Waals surface area contributed by atoms with Crippen molar-refractivity contribution in [3.8, 4) is 11.1 Å². The number of aromatic nitrogens is 1. The highest BCUT2D eigenvalue weighted by Crippen LogP contribution is 2.36. The predicted molar refractivity (Wildman–Crippen MR) is 66.4 cm³/mol. The van der Waals surface area contributed by atoms with Gasteiger partial charge in [0.15, 0.2) is 0 Å². The second-order valence-corrected chi connectivity index (χ2v) is 5.04.